The van der Waals surface area contributed by atoms with Crippen molar-refractivity contribution in [2.24, 2.45) is 0 Å². The van der Waals surface area contributed by atoms with Crippen LogP contribution >= 0.6 is 0 Å². The third-order valence-electron chi connectivity index (χ3n) is 5.60. The second-order valence-corrected chi connectivity index (χ2v) is 7.99. The quantitative estimate of drug-likeness (QED) is 0.245. The number of unbranched alkanes of at least 4 members (excludes halogenated alkanes) is 2. The Kier molecular flexibility index (Phi) is 13.0. The fourth-order valence-corrected chi connectivity index (χ4v) is 3.77. The molecule has 0 aliphatic rings. The molecule has 31 heavy (non-hydrogen) atoms. The van der Waals surface area contributed by atoms with Crippen molar-refractivity contribution in [1.82, 2.24) is 0 Å². The third-order valence-corrected chi connectivity index (χ3v) is 5.60. The SMILES string of the molecule is Cc1[cH-]c2ccccc2c1CCc1c(C)[cH-]c2ccccc12.[CH2-]CCC.[CH2-]CCC.[Zr+4]. The van der Waals surface area contributed by atoms with Crippen LogP contribution in [0.1, 0.15) is 61.8 Å². The number of benzene rings is 2. The maximum Gasteiger partial charge on any atom is 4.00 e. The summed E-state index contributed by atoms with van der Waals surface area (Å²) in [6, 6.07) is 22.1. The predicted octanol–water partition coefficient (Wildman–Crippen LogP) is 9.07. The van der Waals surface area contributed by atoms with Gasteiger partial charge < -0.3 is 13.8 Å². The van der Waals surface area contributed by atoms with Gasteiger partial charge in [-0.25, -0.2) is 0 Å². The van der Waals surface area contributed by atoms with Gasteiger partial charge in [0.1, 0.15) is 0 Å². The molecule has 0 saturated heterocycles. The minimum atomic E-state index is 0. The Morgan fingerprint density at radius 3 is 1.29 bits per heavy atom. The smallest absolute Gasteiger partial charge is 0.343 e. The van der Waals surface area contributed by atoms with Crippen LogP contribution in [0.2, 0.25) is 0 Å². The number of aryl methyl sites for hydroxylation is 4. The van der Waals surface area contributed by atoms with E-state index in [1.807, 2.05) is 0 Å². The van der Waals surface area contributed by atoms with Gasteiger partial charge in [-0.1, -0.05) is 65.5 Å². The van der Waals surface area contributed by atoms with Crippen molar-refractivity contribution in [3.63, 3.8) is 0 Å². The van der Waals surface area contributed by atoms with Crippen LogP contribution in [0.4, 0.5) is 0 Å². The van der Waals surface area contributed by atoms with Gasteiger partial charge in [0.15, 0.2) is 0 Å². The van der Waals surface area contributed by atoms with E-state index in [-0.39, 0.29) is 26.2 Å². The Hall–Kier alpha value is -1.46. The van der Waals surface area contributed by atoms with Crippen molar-refractivity contribution < 1.29 is 26.2 Å². The van der Waals surface area contributed by atoms with Crippen LogP contribution in [0.5, 0.6) is 0 Å². The summed E-state index contributed by atoms with van der Waals surface area (Å²) in [7, 11) is 0. The molecular formula is C30H38Zr. The van der Waals surface area contributed by atoms with Gasteiger partial charge in [0.2, 0.25) is 0 Å². The summed E-state index contributed by atoms with van der Waals surface area (Å²) in [6.45, 7) is 15.9. The summed E-state index contributed by atoms with van der Waals surface area (Å²) in [5.41, 5.74) is 5.88. The number of rotatable bonds is 5. The fraction of sp³-hybridized carbons (Fsp3) is 0.333. The second-order valence-electron chi connectivity index (χ2n) is 7.99. The molecule has 0 saturated carbocycles. The number of fused-ring (bicyclic) bond motifs is 2. The summed E-state index contributed by atoms with van der Waals surface area (Å²) in [6.07, 6.45) is 6.79. The molecule has 0 N–H and O–H groups in total. The van der Waals surface area contributed by atoms with Gasteiger partial charge in [0.25, 0.3) is 0 Å². The summed E-state index contributed by atoms with van der Waals surface area (Å²) in [5.74, 6) is 0. The normalized spacial score (nSPS) is 10.1. The molecule has 0 aliphatic carbocycles. The van der Waals surface area contributed by atoms with E-state index in [9.17, 15) is 0 Å². The zero-order valence-electron chi connectivity index (χ0n) is 19.9. The first-order chi connectivity index (χ1) is 14.6. The van der Waals surface area contributed by atoms with Crippen molar-refractivity contribution in [2.45, 2.75) is 66.2 Å². The van der Waals surface area contributed by atoms with Crippen molar-refractivity contribution in [3.8, 4) is 0 Å². The average Bonchev–Trinajstić information content (AvgIpc) is 3.27. The molecule has 0 radical (unpaired) electrons. The Morgan fingerprint density at radius 2 is 0.968 bits per heavy atom. The van der Waals surface area contributed by atoms with E-state index in [0.717, 1.165) is 25.7 Å². The molecule has 0 aliphatic heterocycles. The van der Waals surface area contributed by atoms with Crippen LogP contribution in [0.3, 0.4) is 0 Å². The largest absolute Gasteiger partial charge is 4.00 e. The monoisotopic (exact) mass is 488 g/mol. The van der Waals surface area contributed by atoms with Gasteiger partial charge in [-0.15, -0.1) is 81.2 Å². The molecule has 162 valence electrons. The Labute approximate surface area is 209 Å². The molecular weight excluding hydrogens is 452 g/mol. The van der Waals surface area contributed by atoms with Crippen LogP contribution in [-0.2, 0) is 39.0 Å². The molecule has 0 spiro atoms. The van der Waals surface area contributed by atoms with Gasteiger partial charge in [0.05, 0.1) is 0 Å². The maximum absolute atomic E-state index is 3.60. The van der Waals surface area contributed by atoms with Crippen LogP contribution in [0.25, 0.3) is 21.5 Å². The van der Waals surface area contributed by atoms with Crippen molar-refractivity contribution in [2.75, 3.05) is 0 Å². The molecule has 0 fully saturated rings. The third kappa shape index (κ3) is 7.57. The zero-order valence-corrected chi connectivity index (χ0v) is 22.4. The van der Waals surface area contributed by atoms with Crippen LogP contribution in [0.15, 0.2) is 60.7 Å². The molecule has 0 nitrogen and oxygen atoms in total. The first-order valence-electron chi connectivity index (χ1n) is 11.4. The molecule has 0 heterocycles. The maximum atomic E-state index is 3.60. The van der Waals surface area contributed by atoms with E-state index >= 15 is 0 Å². The second kappa shape index (κ2) is 14.6. The average molecular weight is 490 g/mol. The molecule has 4 aromatic rings. The fourth-order valence-electron chi connectivity index (χ4n) is 3.77. The van der Waals surface area contributed by atoms with Crippen molar-refractivity contribution in [1.29, 1.82) is 0 Å². The van der Waals surface area contributed by atoms with Crippen LogP contribution in [0, 0.1) is 27.7 Å². The molecule has 0 bridgehead atoms. The molecule has 4 rings (SSSR count). The summed E-state index contributed by atoms with van der Waals surface area (Å²) in [5, 5.41) is 5.60. The summed E-state index contributed by atoms with van der Waals surface area (Å²) in [4.78, 5) is 0. The van der Waals surface area contributed by atoms with Crippen LogP contribution in [-0.4, -0.2) is 0 Å². The van der Waals surface area contributed by atoms with E-state index in [4.69, 9.17) is 0 Å². The Balaban J connectivity index is 0.000000465. The van der Waals surface area contributed by atoms with Crippen molar-refractivity contribution in [3.05, 3.63) is 96.8 Å². The van der Waals surface area contributed by atoms with Crippen LogP contribution < -0.4 is 0 Å². The molecule has 0 amide bonds. The summed E-state index contributed by atoms with van der Waals surface area (Å²) >= 11 is 0. The molecule has 0 atom stereocenters. The summed E-state index contributed by atoms with van der Waals surface area (Å²) < 4.78 is 0. The number of hydrogen-bond donors (Lipinski definition) is 0. The molecule has 1 heteroatoms. The van der Waals surface area contributed by atoms with E-state index in [1.54, 1.807) is 0 Å². The Morgan fingerprint density at radius 1 is 0.645 bits per heavy atom. The predicted molar refractivity (Wildman–Crippen MR) is 136 cm³/mol. The molecule has 4 aromatic carbocycles. The standard InChI is InChI=1S/C22H20.2C4H9.Zr/c1-15-13-17-7-3-5-9-21(17)19(15)11-12-20-16(2)14-18-8-4-6-10-22(18)20;2*1-3-4-2;/h3-10,13-14H,11-12H2,1-2H3;2*1,3-4H2,2H3;/q-2;2*-1;+4. The zero-order chi connectivity index (χ0) is 21.9. The minimum absolute atomic E-state index is 0. The van der Waals surface area contributed by atoms with Gasteiger partial charge >= 0.3 is 26.2 Å². The van der Waals surface area contributed by atoms with E-state index < -0.39 is 0 Å². The first kappa shape index (κ1) is 27.6. The van der Waals surface area contributed by atoms with Gasteiger partial charge in [0, 0.05) is 0 Å². The topological polar surface area (TPSA) is 0 Å². The Bertz CT molecular complexity index is 927. The molecule has 0 unspecified atom stereocenters. The van der Waals surface area contributed by atoms with E-state index in [1.165, 1.54) is 56.6 Å². The molecule has 0 aromatic heterocycles. The van der Waals surface area contributed by atoms with Gasteiger partial charge in [-0.3, -0.25) is 0 Å². The van der Waals surface area contributed by atoms with Gasteiger partial charge in [-0.2, -0.15) is 24.0 Å². The van der Waals surface area contributed by atoms with Gasteiger partial charge in [-0.05, 0) is 0 Å². The van der Waals surface area contributed by atoms with Crippen molar-refractivity contribution >= 4 is 21.5 Å². The van der Waals surface area contributed by atoms with E-state index in [2.05, 4.69) is 102 Å². The van der Waals surface area contributed by atoms with E-state index in [0.29, 0.717) is 0 Å². The number of hydrogen-bond acceptors (Lipinski definition) is 0. The minimum Gasteiger partial charge on any atom is -0.343 e. The first-order valence-corrected chi connectivity index (χ1v) is 11.4.